The summed E-state index contributed by atoms with van der Waals surface area (Å²) in [7, 11) is 0. The average Bonchev–Trinajstić information content (AvgIpc) is 2.28. The number of benzene rings is 1. The number of carbonyl (C=O) groups is 1. The van der Waals surface area contributed by atoms with Crippen molar-refractivity contribution in [3.05, 3.63) is 42.5 Å². The summed E-state index contributed by atoms with van der Waals surface area (Å²) in [6, 6.07) is 3.46. The number of carboxylic acid groups (broad SMARTS) is 1. The van der Waals surface area contributed by atoms with Crippen molar-refractivity contribution < 1.29 is 18.7 Å². The molecule has 0 saturated heterocycles. The molecule has 0 unspecified atom stereocenters. The number of anilines is 1. The average molecular weight is 241 g/mol. The molecule has 3 nitrogen and oxygen atoms in total. The van der Waals surface area contributed by atoms with E-state index in [1.807, 2.05) is 0 Å². The molecule has 0 amide bonds. The lowest BCUT2D eigenvalue weighted by molar-refractivity contribution is -0.136. The van der Waals surface area contributed by atoms with Crippen molar-refractivity contribution in [2.45, 2.75) is 6.42 Å². The first-order valence-electron chi connectivity index (χ1n) is 5.07. The van der Waals surface area contributed by atoms with Gasteiger partial charge in [0.25, 0.3) is 0 Å². The summed E-state index contributed by atoms with van der Waals surface area (Å²) in [5.41, 5.74) is 0.435. The molecule has 0 aromatic heterocycles. The lowest BCUT2D eigenvalue weighted by Gasteiger charge is -2.22. The maximum Gasteiger partial charge on any atom is 0.305 e. The van der Waals surface area contributed by atoms with Crippen LogP contribution in [0.4, 0.5) is 14.5 Å². The van der Waals surface area contributed by atoms with E-state index in [1.54, 1.807) is 11.0 Å². The zero-order valence-corrected chi connectivity index (χ0v) is 9.20. The van der Waals surface area contributed by atoms with Crippen molar-refractivity contribution in [3.8, 4) is 0 Å². The molecule has 0 radical (unpaired) electrons. The van der Waals surface area contributed by atoms with Crippen LogP contribution in [0.5, 0.6) is 0 Å². The summed E-state index contributed by atoms with van der Waals surface area (Å²) in [6.45, 7) is 4.12. The van der Waals surface area contributed by atoms with E-state index in [2.05, 4.69) is 6.58 Å². The fourth-order valence-corrected chi connectivity index (χ4v) is 1.39. The quantitative estimate of drug-likeness (QED) is 0.777. The van der Waals surface area contributed by atoms with Gasteiger partial charge in [-0.25, -0.2) is 8.78 Å². The zero-order valence-electron chi connectivity index (χ0n) is 9.20. The smallest absolute Gasteiger partial charge is 0.305 e. The number of rotatable bonds is 6. The first kappa shape index (κ1) is 13.2. The van der Waals surface area contributed by atoms with E-state index >= 15 is 0 Å². The van der Waals surface area contributed by atoms with Crippen LogP contribution in [0.2, 0.25) is 0 Å². The van der Waals surface area contributed by atoms with E-state index < -0.39 is 17.6 Å². The topological polar surface area (TPSA) is 40.5 Å². The SMILES string of the molecule is C=CCN(CCC(=O)O)c1ccc(F)c(F)c1. The van der Waals surface area contributed by atoms with Crippen LogP contribution in [0.15, 0.2) is 30.9 Å². The van der Waals surface area contributed by atoms with Crippen molar-refractivity contribution in [3.63, 3.8) is 0 Å². The number of nitrogens with zero attached hydrogens (tertiary/aromatic N) is 1. The predicted molar refractivity (Wildman–Crippen MR) is 61.0 cm³/mol. The molecule has 0 heterocycles. The molecule has 17 heavy (non-hydrogen) atoms. The van der Waals surface area contributed by atoms with Crippen LogP contribution in [0.25, 0.3) is 0 Å². The zero-order chi connectivity index (χ0) is 12.8. The normalized spacial score (nSPS) is 10.0. The van der Waals surface area contributed by atoms with Gasteiger partial charge in [-0.3, -0.25) is 4.79 Å². The minimum Gasteiger partial charge on any atom is -0.481 e. The monoisotopic (exact) mass is 241 g/mol. The molecule has 0 saturated carbocycles. The predicted octanol–water partition coefficient (Wildman–Crippen LogP) is 2.43. The van der Waals surface area contributed by atoms with Crippen molar-refractivity contribution in [2.75, 3.05) is 18.0 Å². The van der Waals surface area contributed by atoms with Crippen molar-refractivity contribution >= 4 is 11.7 Å². The molecule has 1 aromatic carbocycles. The molecule has 5 heteroatoms. The number of halogens is 2. The minimum absolute atomic E-state index is 0.0766. The highest BCUT2D eigenvalue weighted by Gasteiger charge is 2.10. The molecule has 0 spiro atoms. The summed E-state index contributed by atoms with van der Waals surface area (Å²) in [5.74, 6) is -2.82. The molecular formula is C12H13F2NO2. The first-order valence-corrected chi connectivity index (χ1v) is 5.07. The van der Waals surface area contributed by atoms with Gasteiger partial charge in [-0.05, 0) is 12.1 Å². The molecule has 1 aromatic rings. The Kier molecular flexibility index (Phi) is 4.63. The highest BCUT2D eigenvalue weighted by Crippen LogP contribution is 2.18. The van der Waals surface area contributed by atoms with Gasteiger partial charge in [0, 0.05) is 24.8 Å². The van der Waals surface area contributed by atoms with Gasteiger partial charge in [0.15, 0.2) is 11.6 Å². The number of hydrogen-bond donors (Lipinski definition) is 1. The summed E-state index contributed by atoms with van der Waals surface area (Å²) in [6.07, 6.45) is 1.50. The number of hydrogen-bond acceptors (Lipinski definition) is 2. The maximum atomic E-state index is 13.0. The molecule has 0 bridgehead atoms. The summed E-state index contributed by atoms with van der Waals surface area (Å²) < 4.78 is 25.8. The van der Waals surface area contributed by atoms with Gasteiger partial charge in [-0.2, -0.15) is 0 Å². The third-order valence-electron chi connectivity index (χ3n) is 2.21. The highest BCUT2D eigenvalue weighted by atomic mass is 19.2. The lowest BCUT2D eigenvalue weighted by atomic mass is 10.2. The molecule has 0 fully saturated rings. The second-order valence-corrected chi connectivity index (χ2v) is 3.48. The van der Waals surface area contributed by atoms with Gasteiger partial charge in [0.2, 0.25) is 0 Å². The van der Waals surface area contributed by atoms with Gasteiger partial charge in [-0.15, -0.1) is 6.58 Å². The van der Waals surface area contributed by atoms with Gasteiger partial charge < -0.3 is 10.0 Å². The summed E-state index contributed by atoms with van der Waals surface area (Å²) >= 11 is 0. The standard InChI is InChI=1S/C12H13F2NO2/c1-2-6-15(7-5-12(16)17)9-3-4-10(13)11(14)8-9/h2-4,8H,1,5-7H2,(H,16,17). The van der Waals surface area contributed by atoms with E-state index in [4.69, 9.17) is 5.11 Å². The van der Waals surface area contributed by atoms with E-state index in [1.165, 1.54) is 6.07 Å². The van der Waals surface area contributed by atoms with Gasteiger partial charge >= 0.3 is 5.97 Å². The Bertz CT molecular complexity index is 421. The first-order chi connectivity index (χ1) is 8.04. The Morgan fingerprint density at radius 2 is 2.12 bits per heavy atom. The van der Waals surface area contributed by atoms with Gasteiger partial charge in [-0.1, -0.05) is 6.08 Å². The van der Waals surface area contributed by atoms with Crippen LogP contribution in [0, 0.1) is 11.6 Å². The van der Waals surface area contributed by atoms with Crippen LogP contribution in [0.3, 0.4) is 0 Å². The molecule has 0 aliphatic heterocycles. The van der Waals surface area contributed by atoms with Crippen LogP contribution in [-0.4, -0.2) is 24.2 Å². The molecule has 0 aliphatic carbocycles. The molecule has 0 atom stereocenters. The van der Waals surface area contributed by atoms with Gasteiger partial charge in [0.05, 0.1) is 6.42 Å². The Balaban J connectivity index is 2.84. The van der Waals surface area contributed by atoms with Crippen LogP contribution in [0.1, 0.15) is 6.42 Å². The van der Waals surface area contributed by atoms with E-state index in [9.17, 15) is 13.6 Å². The fraction of sp³-hybridized carbons (Fsp3) is 0.250. The molecular weight excluding hydrogens is 228 g/mol. The van der Waals surface area contributed by atoms with Crippen molar-refractivity contribution in [1.82, 2.24) is 0 Å². The Morgan fingerprint density at radius 1 is 1.41 bits per heavy atom. The fourth-order valence-electron chi connectivity index (χ4n) is 1.39. The van der Waals surface area contributed by atoms with E-state index in [0.29, 0.717) is 12.2 Å². The van der Waals surface area contributed by atoms with Crippen LogP contribution < -0.4 is 4.90 Å². The molecule has 0 aliphatic rings. The second-order valence-electron chi connectivity index (χ2n) is 3.48. The number of carboxylic acids is 1. The highest BCUT2D eigenvalue weighted by molar-refractivity contribution is 5.67. The second kappa shape index (κ2) is 5.98. The molecule has 1 N–H and O–H groups in total. The summed E-state index contributed by atoms with van der Waals surface area (Å²) in [5, 5.41) is 8.59. The Labute approximate surface area is 98.0 Å². The third kappa shape index (κ3) is 3.86. The molecule has 92 valence electrons. The van der Waals surface area contributed by atoms with E-state index in [-0.39, 0.29) is 13.0 Å². The Morgan fingerprint density at radius 3 is 2.65 bits per heavy atom. The van der Waals surface area contributed by atoms with Crippen molar-refractivity contribution in [1.29, 1.82) is 0 Å². The lowest BCUT2D eigenvalue weighted by Crippen LogP contribution is -2.26. The Hall–Kier alpha value is -1.91. The van der Waals surface area contributed by atoms with Crippen LogP contribution in [-0.2, 0) is 4.79 Å². The number of aliphatic carboxylic acids is 1. The summed E-state index contributed by atoms with van der Waals surface area (Å²) in [4.78, 5) is 12.1. The third-order valence-corrected chi connectivity index (χ3v) is 2.21. The maximum absolute atomic E-state index is 13.0. The van der Waals surface area contributed by atoms with E-state index in [0.717, 1.165) is 12.1 Å². The van der Waals surface area contributed by atoms with Crippen molar-refractivity contribution in [2.24, 2.45) is 0 Å². The minimum atomic E-state index is -0.952. The van der Waals surface area contributed by atoms with Crippen LogP contribution >= 0.6 is 0 Å². The molecule has 1 rings (SSSR count). The largest absolute Gasteiger partial charge is 0.481 e. The van der Waals surface area contributed by atoms with Gasteiger partial charge in [0.1, 0.15) is 0 Å².